The van der Waals surface area contributed by atoms with Crippen molar-refractivity contribution in [2.24, 2.45) is 7.05 Å². The van der Waals surface area contributed by atoms with E-state index >= 15 is 0 Å². The summed E-state index contributed by atoms with van der Waals surface area (Å²) in [7, 11) is 1.86. The zero-order valence-electron chi connectivity index (χ0n) is 6.89. The van der Waals surface area contributed by atoms with Gasteiger partial charge in [-0.25, -0.2) is 0 Å². The summed E-state index contributed by atoms with van der Waals surface area (Å²) in [4.78, 5) is 0. The topological polar surface area (TPSA) is 17.8 Å². The fourth-order valence-corrected chi connectivity index (χ4v) is 1.94. The van der Waals surface area contributed by atoms with E-state index in [1.807, 2.05) is 14.0 Å². The van der Waals surface area contributed by atoms with Crippen LogP contribution in [0.25, 0.3) is 0 Å². The molecule has 0 bridgehead atoms. The van der Waals surface area contributed by atoms with Gasteiger partial charge < -0.3 is 0 Å². The molecule has 0 N–H and O–H groups in total. The lowest BCUT2D eigenvalue weighted by Gasteiger charge is -1.95. The van der Waals surface area contributed by atoms with Crippen LogP contribution in [-0.2, 0) is 12.8 Å². The van der Waals surface area contributed by atoms with Crippen LogP contribution in [0.15, 0.2) is 0 Å². The van der Waals surface area contributed by atoms with Gasteiger partial charge in [-0.3, -0.25) is 4.68 Å². The molecule has 0 amide bonds. The van der Waals surface area contributed by atoms with E-state index in [1.54, 1.807) is 16.4 Å². The van der Waals surface area contributed by atoms with Crippen LogP contribution in [0.5, 0.6) is 0 Å². The zero-order chi connectivity index (χ0) is 8.43. The van der Waals surface area contributed by atoms with Crippen LogP contribution in [0.2, 0.25) is 5.15 Å². The second-order valence-corrected chi connectivity index (χ2v) is 3.64. The molecule has 0 aromatic carbocycles. The van der Waals surface area contributed by atoms with E-state index < -0.39 is 0 Å². The molecule has 1 aromatic heterocycles. The molecule has 1 aromatic rings. The maximum Gasteiger partial charge on any atom is 0.131 e. The molecular weight excluding hydrogens is 180 g/mol. The lowest BCUT2D eigenvalue weighted by atomic mass is 10.3. The number of halogens is 1. The van der Waals surface area contributed by atoms with Crippen LogP contribution in [0.3, 0.4) is 0 Å². The molecule has 0 aliphatic rings. The molecule has 0 spiro atoms. The minimum absolute atomic E-state index is 0.761. The van der Waals surface area contributed by atoms with Gasteiger partial charge in [0.15, 0.2) is 0 Å². The molecule has 4 heteroatoms. The van der Waals surface area contributed by atoms with Crippen molar-refractivity contribution in [2.75, 3.05) is 6.26 Å². The Morgan fingerprint density at radius 3 is 2.64 bits per heavy atom. The fourth-order valence-electron chi connectivity index (χ4n) is 0.982. The number of aromatic nitrogens is 2. The van der Waals surface area contributed by atoms with Crippen molar-refractivity contribution in [3.05, 3.63) is 16.4 Å². The highest BCUT2D eigenvalue weighted by molar-refractivity contribution is 7.97. The summed E-state index contributed by atoms with van der Waals surface area (Å²) in [6.45, 7) is 1.98. The smallest absolute Gasteiger partial charge is 0.131 e. The van der Waals surface area contributed by atoms with Crippen LogP contribution < -0.4 is 0 Å². The molecule has 0 unspecified atom stereocenters. The summed E-state index contributed by atoms with van der Waals surface area (Å²) < 4.78 is 1.71. The third kappa shape index (κ3) is 1.71. The van der Waals surface area contributed by atoms with Crippen molar-refractivity contribution in [3.8, 4) is 0 Å². The van der Waals surface area contributed by atoms with Gasteiger partial charge in [-0.05, 0) is 13.2 Å². The summed E-state index contributed by atoms with van der Waals surface area (Å²) in [5.41, 5.74) is 2.19. The van der Waals surface area contributed by atoms with Gasteiger partial charge in [-0.1, -0.05) is 11.6 Å². The maximum absolute atomic E-state index is 5.98. The Morgan fingerprint density at radius 2 is 2.27 bits per heavy atom. The van der Waals surface area contributed by atoms with E-state index in [-0.39, 0.29) is 0 Å². The summed E-state index contributed by atoms with van der Waals surface area (Å²) in [6, 6.07) is 0. The molecule has 0 saturated carbocycles. The fraction of sp³-hybridized carbons (Fsp3) is 0.571. The summed E-state index contributed by atoms with van der Waals surface area (Å²) in [5.74, 6) is 0.943. The quantitative estimate of drug-likeness (QED) is 0.712. The van der Waals surface area contributed by atoms with E-state index in [9.17, 15) is 0 Å². The predicted octanol–water partition coefficient (Wildman–Crippen LogP) is 2.24. The highest BCUT2D eigenvalue weighted by Crippen LogP contribution is 2.22. The molecule has 0 aliphatic carbocycles. The molecular formula is C7H11ClN2S. The van der Waals surface area contributed by atoms with Crippen molar-refractivity contribution < 1.29 is 0 Å². The first kappa shape index (κ1) is 8.94. The lowest BCUT2D eigenvalue weighted by Crippen LogP contribution is -1.89. The number of thioether (sulfide) groups is 1. The zero-order valence-corrected chi connectivity index (χ0v) is 8.46. The Kier molecular flexibility index (Phi) is 2.84. The first-order chi connectivity index (χ1) is 5.16. The van der Waals surface area contributed by atoms with Crippen molar-refractivity contribution in [3.63, 3.8) is 0 Å². The maximum atomic E-state index is 5.98. The Hall–Kier alpha value is -0.150. The molecule has 1 heterocycles. The van der Waals surface area contributed by atoms with Crippen molar-refractivity contribution >= 4 is 23.4 Å². The van der Waals surface area contributed by atoms with Crippen molar-refractivity contribution in [2.45, 2.75) is 12.7 Å². The molecule has 0 saturated heterocycles. The van der Waals surface area contributed by atoms with Gasteiger partial charge in [-0.2, -0.15) is 16.9 Å². The SMILES string of the molecule is CSCc1c(C)nn(C)c1Cl. The third-order valence-electron chi connectivity index (χ3n) is 1.56. The Labute approximate surface area is 75.9 Å². The average Bonchev–Trinajstić information content (AvgIpc) is 2.17. The minimum atomic E-state index is 0.761. The third-order valence-corrected chi connectivity index (χ3v) is 2.61. The molecule has 1 rings (SSSR count). The summed E-state index contributed by atoms with van der Waals surface area (Å²) in [5, 5.41) is 4.96. The second-order valence-electron chi connectivity index (χ2n) is 2.41. The first-order valence-corrected chi connectivity index (χ1v) is 5.11. The van der Waals surface area contributed by atoms with Gasteiger partial charge in [0.2, 0.25) is 0 Å². The van der Waals surface area contributed by atoms with Crippen LogP contribution in [0.4, 0.5) is 0 Å². The lowest BCUT2D eigenvalue weighted by molar-refractivity contribution is 0.757. The molecule has 0 aliphatic heterocycles. The van der Waals surface area contributed by atoms with Crippen molar-refractivity contribution in [1.29, 1.82) is 0 Å². The van der Waals surface area contributed by atoms with Crippen LogP contribution in [0.1, 0.15) is 11.3 Å². The summed E-state index contributed by atoms with van der Waals surface area (Å²) >= 11 is 7.74. The van der Waals surface area contributed by atoms with Gasteiger partial charge >= 0.3 is 0 Å². The Bertz CT molecular complexity index is 257. The predicted molar refractivity (Wildman–Crippen MR) is 50.2 cm³/mol. The summed E-state index contributed by atoms with van der Waals surface area (Å²) in [6.07, 6.45) is 2.06. The number of rotatable bonds is 2. The number of nitrogens with zero attached hydrogens (tertiary/aromatic N) is 2. The first-order valence-electron chi connectivity index (χ1n) is 3.33. The highest BCUT2D eigenvalue weighted by atomic mass is 35.5. The van der Waals surface area contributed by atoms with E-state index in [4.69, 9.17) is 11.6 Å². The van der Waals surface area contributed by atoms with Gasteiger partial charge in [0.25, 0.3) is 0 Å². The van der Waals surface area contributed by atoms with E-state index in [2.05, 4.69) is 11.4 Å². The molecule has 0 atom stereocenters. The molecule has 0 radical (unpaired) electrons. The molecule has 0 fully saturated rings. The molecule has 62 valence electrons. The number of aryl methyl sites for hydroxylation is 2. The van der Waals surface area contributed by atoms with Crippen LogP contribution in [-0.4, -0.2) is 16.0 Å². The van der Waals surface area contributed by atoms with Gasteiger partial charge in [0, 0.05) is 18.4 Å². The number of hydrogen-bond acceptors (Lipinski definition) is 2. The second kappa shape index (κ2) is 3.50. The van der Waals surface area contributed by atoms with Gasteiger partial charge in [0.05, 0.1) is 5.69 Å². The van der Waals surface area contributed by atoms with Crippen LogP contribution >= 0.6 is 23.4 Å². The van der Waals surface area contributed by atoms with Gasteiger partial charge in [0.1, 0.15) is 5.15 Å². The molecule has 2 nitrogen and oxygen atoms in total. The monoisotopic (exact) mass is 190 g/mol. The molecule has 11 heavy (non-hydrogen) atoms. The van der Waals surface area contributed by atoms with E-state index in [1.165, 1.54) is 0 Å². The van der Waals surface area contributed by atoms with Crippen molar-refractivity contribution in [1.82, 2.24) is 9.78 Å². The standard InChI is InChI=1S/C7H11ClN2S/c1-5-6(4-11-3)7(8)10(2)9-5/h4H2,1-3H3. The Morgan fingerprint density at radius 1 is 1.64 bits per heavy atom. The van der Waals surface area contributed by atoms with E-state index in [0.717, 1.165) is 22.2 Å². The normalized spacial score (nSPS) is 10.5. The Balaban J connectivity index is 3.02. The van der Waals surface area contributed by atoms with E-state index in [0.29, 0.717) is 0 Å². The van der Waals surface area contributed by atoms with Crippen LogP contribution in [0, 0.1) is 6.92 Å². The average molecular weight is 191 g/mol. The largest absolute Gasteiger partial charge is 0.257 e. The van der Waals surface area contributed by atoms with Gasteiger partial charge in [-0.15, -0.1) is 0 Å². The number of hydrogen-bond donors (Lipinski definition) is 0. The minimum Gasteiger partial charge on any atom is -0.257 e. The highest BCUT2D eigenvalue weighted by Gasteiger charge is 2.09.